The molecule has 0 spiro atoms. The molecule has 0 aliphatic rings. The molecule has 0 fully saturated rings. The van der Waals surface area contributed by atoms with Crippen molar-refractivity contribution >= 4 is 0 Å². The number of methoxy groups -OCH3 is 2. The Morgan fingerprint density at radius 1 is 0.389 bits per heavy atom. The van der Waals surface area contributed by atoms with Crippen LogP contribution in [0.25, 0.3) is 67.3 Å². The third-order valence-corrected chi connectivity index (χ3v) is 8.98. The molecule has 0 atom stereocenters. The summed E-state index contributed by atoms with van der Waals surface area (Å²) >= 11 is 0. The van der Waals surface area contributed by atoms with E-state index in [9.17, 15) is 0 Å². The van der Waals surface area contributed by atoms with Crippen molar-refractivity contribution in [1.82, 2.24) is 9.97 Å². The number of nitrogens with zero attached hydrogens (tertiary/aromatic N) is 2. The Balaban J connectivity index is 1.54. The first-order valence-electron chi connectivity index (χ1n) is 16.7. The van der Waals surface area contributed by atoms with E-state index in [1.54, 1.807) is 133 Å². The van der Waals surface area contributed by atoms with E-state index in [-0.39, 0.29) is 56.2 Å². The van der Waals surface area contributed by atoms with Gasteiger partial charge in [-0.3, -0.25) is 0 Å². The lowest BCUT2D eigenvalue weighted by atomic mass is 9.90. The lowest BCUT2D eigenvalue weighted by molar-refractivity contribution is -0.137. The fraction of sp³-hybridized carbons (Fsp3) is 0.0909. The third-order valence-electron chi connectivity index (χ3n) is 8.98. The Kier molecular flexibility index (Phi) is 9.68. The van der Waals surface area contributed by atoms with Gasteiger partial charge in [-0.2, -0.15) is 26.3 Å². The first-order valence-corrected chi connectivity index (χ1v) is 16.7. The minimum absolute atomic E-state index is 0.131. The van der Waals surface area contributed by atoms with Crippen LogP contribution in [0.1, 0.15) is 11.1 Å². The van der Waals surface area contributed by atoms with Crippen molar-refractivity contribution in [2.45, 2.75) is 12.4 Å². The molecule has 0 radical (unpaired) electrons. The first-order chi connectivity index (χ1) is 26.0. The maximum atomic E-state index is 15.1. The average Bonchev–Trinajstić information content (AvgIpc) is 3.20. The summed E-state index contributed by atoms with van der Waals surface area (Å²) in [6.07, 6.45) is -9.61. The molecule has 0 unspecified atom stereocenters. The van der Waals surface area contributed by atoms with Gasteiger partial charge in [0.1, 0.15) is 11.5 Å². The van der Waals surface area contributed by atoms with E-state index in [4.69, 9.17) is 9.47 Å². The Morgan fingerprint density at radius 3 is 1.04 bits per heavy atom. The molecule has 2 heterocycles. The molecule has 7 rings (SSSR count). The summed E-state index contributed by atoms with van der Waals surface area (Å²) < 4.78 is 101. The minimum atomic E-state index is -4.81. The van der Waals surface area contributed by atoms with E-state index in [1.807, 2.05) is 0 Å². The predicted octanol–water partition coefficient (Wildman–Crippen LogP) is 12.5. The second-order valence-electron chi connectivity index (χ2n) is 12.3. The summed E-state index contributed by atoms with van der Waals surface area (Å²) in [5.74, 6) is 0.927. The van der Waals surface area contributed by atoms with Crippen LogP contribution in [0.5, 0.6) is 11.5 Å². The van der Waals surface area contributed by atoms with Crippen molar-refractivity contribution in [1.29, 1.82) is 0 Å². The van der Waals surface area contributed by atoms with Crippen molar-refractivity contribution < 1.29 is 35.8 Å². The molecule has 0 amide bonds. The monoisotopic (exact) mass is 732 g/mol. The summed E-state index contributed by atoms with van der Waals surface area (Å²) in [7, 11) is 2.92. The molecule has 2 aromatic heterocycles. The Morgan fingerprint density at radius 2 is 0.722 bits per heavy atom. The second-order valence-corrected chi connectivity index (χ2v) is 12.3. The SMILES string of the molecule is COc1ccc(-c2cc(-c3ccccc3-c3cc(-c4ccc(OC)cc4)c(C(F)(F)F)c(-c4ccccc4)n3)nc(-c3ccccc3)c2C(F)(F)F)cc1. The standard InChI is InChI=1S/C44H30F6N2O2/c1-53-31-21-17-27(18-22-31)35-25-37(51-41(39(35)43(45,46)47)29-11-5-3-6-12-29)33-15-9-10-16-34(33)38-26-36(28-19-23-32(54-2)24-20-28)40(44(48,49)50)42(52-38)30-13-7-4-8-14-30/h3-26H,1-2H3. The Hall–Kier alpha value is -6.42. The van der Waals surface area contributed by atoms with Crippen LogP contribution in [0.3, 0.4) is 0 Å². The number of rotatable bonds is 8. The molecule has 0 bridgehead atoms. The molecule has 54 heavy (non-hydrogen) atoms. The highest BCUT2D eigenvalue weighted by atomic mass is 19.4. The molecule has 5 aromatic carbocycles. The van der Waals surface area contributed by atoms with Gasteiger partial charge < -0.3 is 9.47 Å². The molecule has 7 aromatic rings. The van der Waals surface area contributed by atoms with Gasteiger partial charge in [0, 0.05) is 22.3 Å². The minimum Gasteiger partial charge on any atom is -0.497 e. The van der Waals surface area contributed by atoms with Crippen LogP contribution in [0.15, 0.2) is 146 Å². The van der Waals surface area contributed by atoms with Gasteiger partial charge in [0.2, 0.25) is 0 Å². The predicted molar refractivity (Wildman–Crippen MR) is 198 cm³/mol. The number of aromatic nitrogens is 2. The van der Waals surface area contributed by atoms with E-state index in [0.29, 0.717) is 22.6 Å². The molecule has 0 aliphatic heterocycles. The van der Waals surface area contributed by atoms with Crippen LogP contribution < -0.4 is 9.47 Å². The smallest absolute Gasteiger partial charge is 0.419 e. The zero-order chi connectivity index (χ0) is 38.0. The van der Waals surface area contributed by atoms with E-state index >= 15 is 26.3 Å². The van der Waals surface area contributed by atoms with E-state index in [2.05, 4.69) is 9.97 Å². The largest absolute Gasteiger partial charge is 0.497 e. The number of ether oxygens (including phenoxy) is 2. The van der Waals surface area contributed by atoms with Crippen molar-refractivity contribution in [2.24, 2.45) is 0 Å². The van der Waals surface area contributed by atoms with E-state index < -0.39 is 23.5 Å². The molecule has 4 nitrogen and oxygen atoms in total. The fourth-order valence-electron chi connectivity index (χ4n) is 6.48. The fourth-order valence-corrected chi connectivity index (χ4v) is 6.48. The Labute approximate surface area is 307 Å². The van der Waals surface area contributed by atoms with Gasteiger partial charge >= 0.3 is 12.4 Å². The van der Waals surface area contributed by atoms with Gasteiger partial charge in [0.15, 0.2) is 0 Å². The first kappa shape index (κ1) is 36.0. The molecule has 270 valence electrons. The summed E-state index contributed by atoms with van der Waals surface area (Å²) in [4.78, 5) is 9.31. The van der Waals surface area contributed by atoms with Crippen LogP contribution in [0, 0.1) is 0 Å². The van der Waals surface area contributed by atoms with Gasteiger partial charge in [0.25, 0.3) is 0 Å². The van der Waals surface area contributed by atoms with Crippen LogP contribution in [-0.2, 0) is 12.4 Å². The summed E-state index contributed by atoms with van der Waals surface area (Å²) in [5.41, 5.74) is -0.660. The van der Waals surface area contributed by atoms with Gasteiger partial charge in [0.05, 0.1) is 48.1 Å². The van der Waals surface area contributed by atoms with Crippen molar-refractivity contribution in [3.8, 4) is 78.8 Å². The van der Waals surface area contributed by atoms with Crippen molar-refractivity contribution in [2.75, 3.05) is 14.2 Å². The lowest BCUT2D eigenvalue weighted by Gasteiger charge is -2.22. The van der Waals surface area contributed by atoms with E-state index in [1.165, 1.54) is 26.4 Å². The maximum absolute atomic E-state index is 15.1. The summed E-state index contributed by atoms with van der Waals surface area (Å²) in [6, 6.07) is 38.0. The number of pyridine rings is 2. The zero-order valence-electron chi connectivity index (χ0n) is 28.8. The second kappa shape index (κ2) is 14.5. The molecular weight excluding hydrogens is 702 g/mol. The number of halogens is 6. The van der Waals surface area contributed by atoms with Crippen molar-refractivity contribution in [3.05, 3.63) is 157 Å². The number of hydrogen-bond acceptors (Lipinski definition) is 4. The van der Waals surface area contributed by atoms with Crippen molar-refractivity contribution in [3.63, 3.8) is 0 Å². The highest BCUT2D eigenvalue weighted by molar-refractivity contribution is 5.89. The van der Waals surface area contributed by atoms with Gasteiger partial charge in [-0.05, 0) is 58.7 Å². The number of alkyl halides is 6. The molecular formula is C44H30F6N2O2. The summed E-state index contributed by atoms with van der Waals surface area (Å²) in [5, 5.41) is 0. The third kappa shape index (κ3) is 7.15. The molecule has 0 saturated carbocycles. The zero-order valence-corrected chi connectivity index (χ0v) is 28.8. The highest BCUT2D eigenvalue weighted by Crippen LogP contribution is 2.48. The van der Waals surface area contributed by atoms with Gasteiger partial charge in [-0.15, -0.1) is 0 Å². The van der Waals surface area contributed by atoms with Crippen LogP contribution >= 0.6 is 0 Å². The normalized spacial score (nSPS) is 11.7. The van der Waals surface area contributed by atoms with Gasteiger partial charge in [-0.1, -0.05) is 109 Å². The average molecular weight is 733 g/mol. The molecule has 0 saturated heterocycles. The molecule has 10 heteroatoms. The van der Waals surface area contributed by atoms with Crippen LogP contribution in [0.2, 0.25) is 0 Å². The van der Waals surface area contributed by atoms with Gasteiger partial charge in [-0.25, -0.2) is 9.97 Å². The highest BCUT2D eigenvalue weighted by Gasteiger charge is 2.40. The van der Waals surface area contributed by atoms with Crippen LogP contribution in [0.4, 0.5) is 26.3 Å². The molecule has 0 aliphatic carbocycles. The van der Waals surface area contributed by atoms with E-state index in [0.717, 1.165) is 0 Å². The quantitative estimate of drug-likeness (QED) is 0.146. The maximum Gasteiger partial charge on any atom is 0.419 e. The Bertz CT molecular complexity index is 2240. The lowest BCUT2D eigenvalue weighted by Crippen LogP contribution is -2.12. The summed E-state index contributed by atoms with van der Waals surface area (Å²) in [6.45, 7) is 0. The van der Waals surface area contributed by atoms with Crippen LogP contribution in [-0.4, -0.2) is 24.2 Å². The number of hydrogen-bond donors (Lipinski definition) is 0. The molecule has 0 N–H and O–H groups in total. The topological polar surface area (TPSA) is 44.2 Å². The number of benzene rings is 5.